The number of rotatable bonds is 8. The van der Waals surface area contributed by atoms with Crippen molar-refractivity contribution in [3.8, 4) is 11.5 Å². The molecule has 1 saturated heterocycles. The number of aliphatic imine (C=N–C) groups is 1. The molecule has 0 aromatic heterocycles. The Labute approximate surface area is 180 Å². The second-order valence-corrected chi connectivity index (χ2v) is 6.44. The van der Waals surface area contributed by atoms with Gasteiger partial charge in [-0.3, -0.25) is 4.90 Å². The number of nitrogens with zero attached hydrogens (tertiary/aromatic N) is 2. The van der Waals surface area contributed by atoms with E-state index in [4.69, 9.17) is 9.73 Å². The van der Waals surface area contributed by atoms with Crippen molar-refractivity contribution >= 4 is 29.9 Å². The largest absolute Gasteiger partial charge is 0.504 e. The Balaban J connectivity index is 0.00000364. The molecule has 2 rings (SSSR count). The van der Waals surface area contributed by atoms with Gasteiger partial charge in [0, 0.05) is 32.2 Å². The summed E-state index contributed by atoms with van der Waals surface area (Å²) in [6.45, 7) is 12.8. The van der Waals surface area contributed by atoms with E-state index in [0.29, 0.717) is 24.9 Å². The van der Waals surface area contributed by atoms with E-state index in [-0.39, 0.29) is 29.7 Å². The van der Waals surface area contributed by atoms with Crippen LogP contribution in [-0.2, 0) is 6.54 Å². The number of phenols is 1. The molecule has 0 radical (unpaired) electrons. The van der Waals surface area contributed by atoms with Crippen molar-refractivity contribution in [2.24, 2.45) is 4.99 Å². The van der Waals surface area contributed by atoms with E-state index in [9.17, 15) is 5.11 Å². The lowest BCUT2D eigenvalue weighted by molar-refractivity contribution is 0.225. The Hall–Kier alpha value is -1.48. The van der Waals surface area contributed by atoms with E-state index in [2.05, 4.69) is 29.0 Å². The molecule has 1 aromatic carbocycles. The number of likely N-dealkylation sites (tertiary alicyclic amines) is 1. The fourth-order valence-corrected chi connectivity index (χ4v) is 3.05. The van der Waals surface area contributed by atoms with Gasteiger partial charge in [0.05, 0.1) is 13.2 Å². The minimum Gasteiger partial charge on any atom is -0.504 e. The third kappa shape index (κ3) is 7.96. The van der Waals surface area contributed by atoms with Crippen molar-refractivity contribution in [3.05, 3.63) is 36.4 Å². The first-order valence-corrected chi connectivity index (χ1v) is 9.49. The van der Waals surface area contributed by atoms with Crippen molar-refractivity contribution in [2.75, 3.05) is 32.8 Å². The molecule has 152 valence electrons. The molecule has 0 spiro atoms. The zero-order valence-electron chi connectivity index (χ0n) is 16.4. The number of piperidine rings is 1. The lowest BCUT2D eigenvalue weighted by atomic mass is 10.1. The van der Waals surface area contributed by atoms with Crippen LogP contribution < -0.4 is 15.4 Å². The molecule has 1 aliphatic rings. The molecular weight excluding hydrogens is 455 g/mol. The zero-order chi connectivity index (χ0) is 18.8. The quantitative estimate of drug-likeness (QED) is 0.227. The molecule has 7 heteroatoms. The maximum atomic E-state index is 9.81. The number of phenolic OH excluding ortho intramolecular Hbond substituents is 1. The number of halogens is 1. The number of nitrogens with one attached hydrogen (secondary N) is 2. The molecule has 27 heavy (non-hydrogen) atoms. The summed E-state index contributed by atoms with van der Waals surface area (Å²) in [4.78, 5) is 7.11. The molecule has 1 fully saturated rings. The summed E-state index contributed by atoms with van der Waals surface area (Å²) in [5, 5.41) is 16.7. The number of hydrogen-bond acceptors (Lipinski definition) is 4. The highest BCUT2D eigenvalue weighted by atomic mass is 127. The Morgan fingerprint density at radius 2 is 2.11 bits per heavy atom. The average molecular weight is 488 g/mol. The number of guanidine groups is 1. The maximum Gasteiger partial charge on any atom is 0.191 e. The van der Waals surface area contributed by atoms with E-state index < -0.39 is 0 Å². The molecule has 0 unspecified atom stereocenters. The van der Waals surface area contributed by atoms with Crippen molar-refractivity contribution in [1.82, 2.24) is 15.5 Å². The summed E-state index contributed by atoms with van der Waals surface area (Å²) in [5.74, 6) is 1.50. The van der Waals surface area contributed by atoms with Crippen LogP contribution in [0.3, 0.4) is 0 Å². The van der Waals surface area contributed by atoms with Gasteiger partial charge in [0.25, 0.3) is 0 Å². The highest BCUT2D eigenvalue weighted by Crippen LogP contribution is 2.27. The van der Waals surface area contributed by atoms with Gasteiger partial charge in [0.1, 0.15) is 0 Å². The fourth-order valence-electron chi connectivity index (χ4n) is 3.05. The fraction of sp³-hybridized carbons (Fsp3) is 0.550. The van der Waals surface area contributed by atoms with E-state index in [0.717, 1.165) is 50.5 Å². The minimum atomic E-state index is 0. The molecule has 0 saturated carbocycles. The number of aromatic hydroxyl groups is 1. The zero-order valence-corrected chi connectivity index (χ0v) is 18.7. The molecule has 1 heterocycles. The highest BCUT2D eigenvalue weighted by molar-refractivity contribution is 14.0. The van der Waals surface area contributed by atoms with E-state index in [1.807, 2.05) is 25.1 Å². The molecular formula is C20H33IN4O2. The molecule has 0 atom stereocenters. The third-order valence-electron chi connectivity index (χ3n) is 4.40. The summed E-state index contributed by atoms with van der Waals surface area (Å²) in [5.41, 5.74) is 1.00. The van der Waals surface area contributed by atoms with Gasteiger partial charge >= 0.3 is 0 Å². The van der Waals surface area contributed by atoms with Gasteiger partial charge in [-0.1, -0.05) is 12.1 Å². The minimum absolute atomic E-state index is 0. The van der Waals surface area contributed by atoms with Crippen LogP contribution in [0.5, 0.6) is 11.5 Å². The van der Waals surface area contributed by atoms with Crippen molar-refractivity contribution in [2.45, 2.75) is 39.3 Å². The van der Waals surface area contributed by atoms with Crippen LogP contribution >= 0.6 is 24.0 Å². The molecule has 0 amide bonds. The summed E-state index contributed by atoms with van der Waals surface area (Å²) in [6.07, 6.45) is 4.17. The third-order valence-corrected chi connectivity index (χ3v) is 4.40. The summed E-state index contributed by atoms with van der Waals surface area (Å²) >= 11 is 0. The van der Waals surface area contributed by atoms with Crippen molar-refractivity contribution in [3.63, 3.8) is 0 Å². The molecule has 3 N–H and O–H groups in total. The predicted molar refractivity (Wildman–Crippen MR) is 122 cm³/mol. The number of hydrogen-bond donors (Lipinski definition) is 3. The van der Waals surface area contributed by atoms with E-state index in [1.54, 1.807) is 6.07 Å². The number of benzene rings is 1. The first kappa shape index (κ1) is 23.6. The molecule has 1 aliphatic heterocycles. The van der Waals surface area contributed by atoms with Crippen LogP contribution in [0.25, 0.3) is 0 Å². The lowest BCUT2D eigenvalue weighted by Crippen LogP contribution is -2.48. The summed E-state index contributed by atoms with van der Waals surface area (Å²) in [6, 6.07) is 5.82. The van der Waals surface area contributed by atoms with Gasteiger partial charge in [-0.05, 0) is 44.4 Å². The van der Waals surface area contributed by atoms with Gasteiger partial charge in [-0.25, -0.2) is 4.99 Å². The van der Waals surface area contributed by atoms with Crippen LogP contribution in [0.1, 0.15) is 32.3 Å². The smallest absolute Gasteiger partial charge is 0.191 e. The Kier molecular flexibility index (Phi) is 11.2. The molecule has 0 bridgehead atoms. The lowest BCUT2D eigenvalue weighted by Gasteiger charge is -2.32. The van der Waals surface area contributed by atoms with Crippen LogP contribution in [-0.4, -0.2) is 54.8 Å². The van der Waals surface area contributed by atoms with Gasteiger partial charge in [-0.15, -0.1) is 30.6 Å². The van der Waals surface area contributed by atoms with Gasteiger partial charge < -0.3 is 20.5 Å². The monoisotopic (exact) mass is 488 g/mol. The normalized spacial score (nSPS) is 15.7. The van der Waals surface area contributed by atoms with E-state index >= 15 is 0 Å². The van der Waals surface area contributed by atoms with Crippen LogP contribution in [0.4, 0.5) is 0 Å². The van der Waals surface area contributed by atoms with E-state index in [1.165, 1.54) is 0 Å². The topological polar surface area (TPSA) is 69.1 Å². The summed E-state index contributed by atoms with van der Waals surface area (Å²) < 4.78 is 5.44. The Bertz CT molecular complexity index is 602. The Morgan fingerprint density at radius 3 is 2.74 bits per heavy atom. The van der Waals surface area contributed by atoms with Crippen LogP contribution in [0.2, 0.25) is 0 Å². The highest BCUT2D eigenvalue weighted by Gasteiger charge is 2.19. The van der Waals surface area contributed by atoms with Crippen LogP contribution in [0, 0.1) is 0 Å². The van der Waals surface area contributed by atoms with Crippen LogP contribution in [0.15, 0.2) is 35.8 Å². The first-order valence-electron chi connectivity index (χ1n) is 9.49. The standard InChI is InChI=1S/C20H32N4O2.HI/c1-4-11-24-12-9-17(10-13-24)23-20(21-5-2)22-15-16-7-8-18(25)19(14-16)26-6-3;/h4,7-8,14,17,25H,1,5-6,9-13,15H2,2-3H3,(H2,21,22,23);1H. The molecule has 6 nitrogen and oxygen atoms in total. The molecule has 0 aliphatic carbocycles. The molecule has 1 aromatic rings. The average Bonchev–Trinajstić information content (AvgIpc) is 2.64. The number of ether oxygens (including phenoxy) is 1. The van der Waals surface area contributed by atoms with Crippen molar-refractivity contribution < 1.29 is 9.84 Å². The maximum absolute atomic E-state index is 9.81. The summed E-state index contributed by atoms with van der Waals surface area (Å²) in [7, 11) is 0. The van der Waals surface area contributed by atoms with Gasteiger partial charge in [0.2, 0.25) is 0 Å². The van der Waals surface area contributed by atoms with Crippen molar-refractivity contribution in [1.29, 1.82) is 0 Å². The first-order chi connectivity index (χ1) is 12.7. The predicted octanol–water partition coefficient (Wildman–Crippen LogP) is 3.11. The van der Waals surface area contributed by atoms with Gasteiger partial charge in [0.15, 0.2) is 17.5 Å². The second kappa shape index (κ2) is 12.8. The SMILES string of the molecule is C=CCN1CCC(NC(=NCc2ccc(O)c(OCC)c2)NCC)CC1.I. The second-order valence-electron chi connectivity index (χ2n) is 6.44. The Morgan fingerprint density at radius 1 is 1.37 bits per heavy atom. The van der Waals surface area contributed by atoms with Gasteiger partial charge in [-0.2, -0.15) is 0 Å².